The van der Waals surface area contributed by atoms with Crippen molar-refractivity contribution in [2.45, 2.75) is 46.6 Å². The molecule has 4 nitrogen and oxygen atoms in total. The van der Waals surface area contributed by atoms with Gasteiger partial charge in [0.15, 0.2) is 0 Å². The van der Waals surface area contributed by atoms with E-state index in [0.29, 0.717) is 12.1 Å². The minimum atomic E-state index is -0.378. The topological polar surface area (TPSA) is 72.3 Å². The molecule has 0 heterocycles. The highest BCUT2D eigenvalue weighted by molar-refractivity contribution is 5.58. The summed E-state index contributed by atoms with van der Waals surface area (Å²) in [6.45, 7) is 9.54. The first-order valence-corrected chi connectivity index (χ1v) is 5.05. The molecular weight excluding hydrogens is 190 g/mol. The summed E-state index contributed by atoms with van der Waals surface area (Å²) in [5.74, 6) is 5.88. The lowest BCUT2D eigenvalue weighted by molar-refractivity contribution is -0.116. The zero-order valence-corrected chi connectivity index (χ0v) is 10.4. The summed E-state index contributed by atoms with van der Waals surface area (Å²) in [6, 6.07) is 0. The van der Waals surface area contributed by atoms with Crippen molar-refractivity contribution in [2.75, 3.05) is 0 Å². The fourth-order valence-electron chi connectivity index (χ4n) is 1.64. The van der Waals surface area contributed by atoms with E-state index >= 15 is 0 Å². The summed E-state index contributed by atoms with van der Waals surface area (Å²) in [7, 11) is 0. The molecule has 4 heteroatoms. The largest absolute Gasteiger partial charge is 0.401 e. The Morgan fingerprint density at radius 2 is 1.80 bits per heavy atom. The summed E-state index contributed by atoms with van der Waals surface area (Å²) in [5, 5.41) is 1.56. The number of nitrogens with two attached hydrogens (primary N) is 2. The van der Waals surface area contributed by atoms with Crippen LogP contribution in [0.25, 0.3) is 0 Å². The molecule has 0 rings (SSSR count). The highest BCUT2D eigenvalue weighted by Crippen LogP contribution is 2.28. The maximum absolute atomic E-state index is 10.8. The summed E-state index contributed by atoms with van der Waals surface area (Å²) >= 11 is 0. The Bertz CT molecular complexity index is 253. The van der Waals surface area contributed by atoms with E-state index in [1.54, 1.807) is 18.1 Å². The first-order chi connectivity index (χ1) is 6.60. The fraction of sp³-hybridized carbons (Fsp3) is 0.727. The van der Waals surface area contributed by atoms with Crippen LogP contribution in [0.5, 0.6) is 0 Å². The van der Waals surface area contributed by atoms with Gasteiger partial charge in [0.2, 0.25) is 0 Å². The van der Waals surface area contributed by atoms with Gasteiger partial charge < -0.3 is 15.5 Å². The maximum atomic E-state index is 10.8. The van der Waals surface area contributed by atoms with Gasteiger partial charge in [-0.2, -0.15) is 0 Å². The van der Waals surface area contributed by atoms with Crippen molar-refractivity contribution >= 4 is 6.29 Å². The van der Waals surface area contributed by atoms with Crippen LogP contribution in [0, 0.1) is 5.41 Å². The Hall–Kier alpha value is -1.03. The standard InChI is InChI=1S/C11H23N3O/c1-9(12)6-14(13)11(4,5)7-10(2,3)8-15/h6,8H,7,12-13H2,1-5H3/b9-6-. The van der Waals surface area contributed by atoms with Crippen LogP contribution < -0.4 is 11.6 Å². The van der Waals surface area contributed by atoms with Crippen molar-refractivity contribution in [3.63, 3.8) is 0 Å². The first kappa shape index (κ1) is 14.0. The van der Waals surface area contributed by atoms with Gasteiger partial charge in [-0.25, -0.2) is 5.84 Å². The third kappa shape index (κ3) is 4.83. The predicted octanol–water partition coefficient (Wildman–Crippen LogP) is 1.38. The second-order valence-corrected chi connectivity index (χ2v) is 5.38. The molecule has 0 saturated carbocycles. The van der Waals surface area contributed by atoms with Crippen molar-refractivity contribution < 1.29 is 4.79 Å². The van der Waals surface area contributed by atoms with E-state index < -0.39 is 0 Å². The van der Waals surface area contributed by atoms with Gasteiger partial charge in [0.25, 0.3) is 0 Å². The highest BCUT2D eigenvalue weighted by Gasteiger charge is 2.31. The number of allylic oxidation sites excluding steroid dienone is 1. The van der Waals surface area contributed by atoms with Crippen LogP contribution in [-0.2, 0) is 4.79 Å². The maximum Gasteiger partial charge on any atom is 0.125 e. The molecule has 0 aliphatic rings. The number of carbonyl (C=O) groups is 1. The SMILES string of the molecule is C/C(N)=C/N(N)C(C)(C)CC(C)(C)C=O. The molecule has 0 spiro atoms. The van der Waals surface area contributed by atoms with E-state index in [1.807, 2.05) is 27.7 Å². The lowest BCUT2D eigenvalue weighted by atomic mass is 9.81. The van der Waals surface area contributed by atoms with E-state index in [9.17, 15) is 4.79 Å². The van der Waals surface area contributed by atoms with Gasteiger partial charge in [0.05, 0.1) is 5.54 Å². The van der Waals surface area contributed by atoms with Crippen LogP contribution in [0.15, 0.2) is 11.9 Å². The molecule has 0 bridgehead atoms. The molecular formula is C11H23N3O. The lowest BCUT2D eigenvalue weighted by Crippen LogP contribution is -2.48. The first-order valence-electron chi connectivity index (χ1n) is 5.05. The van der Waals surface area contributed by atoms with Gasteiger partial charge >= 0.3 is 0 Å². The van der Waals surface area contributed by atoms with E-state index in [2.05, 4.69) is 0 Å². The van der Waals surface area contributed by atoms with Crippen LogP contribution in [0.3, 0.4) is 0 Å². The number of hydrogen-bond acceptors (Lipinski definition) is 4. The number of hydrazine groups is 1. The number of aldehydes is 1. The molecule has 15 heavy (non-hydrogen) atoms. The second kappa shape index (κ2) is 4.66. The average molecular weight is 213 g/mol. The minimum Gasteiger partial charge on any atom is -0.401 e. The van der Waals surface area contributed by atoms with E-state index in [4.69, 9.17) is 11.6 Å². The zero-order valence-electron chi connectivity index (χ0n) is 10.4. The molecule has 4 N–H and O–H groups in total. The number of carbonyl (C=O) groups excluding carboxylic acids is 1. The summed E-state index contributed by atoms with van der Waals surface area (Å²) < 4.78 is 0. The van der Waals surface area contributed by atoms with Crippen molar-refractivity contribution in [1.82, 2.24) is 5.01 Å². The van der Waals surface area contributed by atoms with Gasteiger partial charge in [0.1, 0.15) is 6.29 Å². The smallest absolute Gasteiger partial charge is 0.125 e. The molecule has 0 aromatic rings. The molecule has 0 aliphatic heterocycles. The Morgan fingerprint density at radius 1 is 1.33 bits per heavy atom. The predicted molar refractivity (Wildman–Crippen MR) is 62.5 cm³/mol. The van der Waals surface area contributed by atoms with Crippen LogP contribution in [0.2, 0.25) is 0 Å². The van der Waals surface area contributed by atoms with Gasteiger partial charge in [-0.05, 0) is 27.2 Å². The number of hydrogen-bond donors (Lipinski definition) is 2. The quantitative estimate of drug-likeness (QED) is 0.411. The highest BCUT2D eigenvalue weighted by atomic mass is 16.1. The third-order valence-corrected chi connectivity index (χ3v) is 2.25. The van der Waals surface area contributed by atoms with Crippen molar-refractivity contribution in [1.29, 1.82) is 0 Å². The Labute approximate surface area is 92.3 Å². The molecule has 0 fully saturated rings. The van der Waals surface area contributed by atoms with Crippen LogP contribution in [0.4, 0.5) is 0 Å². The normalized spacial score (nSPS) is 13.9. The Balaban J connectivity index is 4.68. The molecule has 0 aliphatic carbocycles. The van der Waals surface area contributed by atoms with Crippen LogP contribution in [-0.4, -0.2) is 16.8 Å². The van der Waals surface area contributed by atoms with Crippen LogP contribution in [0.1, 0.15) is 41.0 Å². The summed E-state index contributed by atoms with van der Waals surface area (Å²) in [5.41, 5.74) is 5.53. The van der Waals surface area contributed by atoms with Gasteiger partial charge in [-0.1, -0.05) is 13.8 Å². The van der Waals surface area contributed by atoms with Crippen LogP contribution >= 0.6 is 0 Å². The van der Waals surface area contributed by atoms with Crippen molar-refractivity contribution in [2.24, 2.45) is 17.0 Å². The number of rotatable bonds is 5. The van der Waals surface area contributed by atoms with Gasteiger partial charge in [-0.15, -0.1) is 0 Å². The monoisotopic (exact) mass is 213 g/mol. The summed E-state index contributed by atoms with van der Waals surface area (Å²) in [6.07, 6.45) is 3.31. The molecule has 0 unspecified atom stereocenters. The average Bonchev–Trinajstić information content (AvgIpc) is 2.01. The Kier molecular flexibility index (Phi) is 4.34. The van der Waals surface area contributed by atoms with Crippen molar-refractivity contribution in [3.8, 4) is 0 Å². The minimum absolute atomic E-state index is 0.301. The van der Waals surface area contributed by atoms with Crippen molar-refractivity contribution in [3.05, 3.63) is 11.9 Å². The molecule has 0 amide bonds. The second-order valence-electron chi connectivity index (χ2n) is 5.38. The molecule has 0 saturated heterocycles. The van der Waals surface area contributed by atoms with E-state index in [-0.39, 0.29) is 11.0 Å². The molecule has 88 valence electrons. The van der Waals surface area contributed by atoms with Gasteiger partial charge in [-0.3, -0.25) is 0 Å². The molecule has 0 radical (unpaired) electrons. The molecule has 0 atom stereocenters. The van der Waals surface area contributed by atoms with E-state index in [1.165, 1.54) is 0 Å². The molecule has 0 aromatic carbocycles. The Morgan fingerprint density at radius 3 is 2.13 bits per heavy atom. The fourth-order valence-corrected chi connectivity index (χ4v) is 1.64. The zero-order chi connectivity index (χ0) is 12.3. The van der Waals surface area contributed by atoms with E-state index in [0.717, 1.165) is 6.29 Å². The van der Waals surface area contributed by atoms with Gasteiger partial charge in [0, 0.05) is 17.3 Å². The molecule has 0 aromatic heterocycles. The third-order valence-electron chi connectivity index (χ3n) is 2.25. The lowest BCUT2D eigenvalue weighted by Gasteiger charge is -2.38. The summed E-state index contributed by atoms with van der Waals surface area (Å²) in [4.78, 5) is 10.8. The number of nitrogens with zero attached hydrogens (tertiary/aromatic N) is 1.